The molecule has 2 aromatic carbocycles. The van der Waals surface area contributed by atoms with E-state index in [1.54, 1.807) is 25.2 Å². The van der Waals surface area contributed by atoms with E-state index in [0.29, 0.717) is 12.1 Å². The standard InChI is InChI=1S/C19H19N3O5S/c1-22(12-14-7-3-2-4-8-14)17(23)13-27-18(24)11-20-19-15-9-5-6-10-16(15)28(25,26)21-19/h2-10H,11-13H2,1H3,(H,20,21). The average molecular weight is 401 g/mol. The Morgan fingerprint density at radius 2 is 1.75 bits per heavy atom. The molecule has 8 nitrogen and oxygen atoms in total. The largest absolute Gasteiger partial charge is 0.454 e. The molecule has 0 saturated heterocycles. The lowest BCUT2D eigenvalue weighted by Crippen LogP contribution is -2.31. The van der Waals surface area contributed by atoms with Crippen molar-refractivity contribution >= 4 is 27.7 Å². The predicted octanol–water partition coefficient (Wildman–Crippen LogP) is 0.927. The maximum Gasteiger partial charge on any atom is 0.328 e. The van der Waals surface area contributed by atoms with Crippen LogP contribution in [0.15, 0.2) is 64.5 Å². The number of carbonyl (C=O) groups is 2. The normalized spacial score (nSPS) is 15.5. The van der Waals surface area contributed by atoms with E-state index in [1.807, 2.05) is 30.3 Å². The van der Waals surface area contributed by atoms with Crippen LogP contribution in [-0.2, 0) is 30.9 Å². The minimum absolute atomic E-state index is 0.0834. The van der Waals surface area contributed by atoms with Gasteiger partial charge in [-0.05, 0) is 17.7 Å². The van der Waals surface area contributed by atoms with Crippen LogP contribution in [0.5, 0.6) is 0 Å². The number of benzene rings is 2. The summed E-state index contributed by atoms with van der Waals surface area (Å²) in [5.74, 6) is -0.991. The maximum absolute atomic E-state index is 12.1. The van der Waals surface area contributed by atoms with Crippen LogP contribution in [0.1, 0.15) is 11.1 Å². The topological polar surface area (TPSA) is 105 Å². The van der Waals surface area contributed by atoms with E-state index in [-0.39, 0.29) is 16.6 Å². The molecule has 28 heavy (non-hydrogen) atoms. The summed E-state index contributed by atoms with van der Waals surface area (Å²) in [6, 6.07) is 15.8. The van der Waals surface area contributed by atoms with Gasteiger partial charge in [-0.15, -0.1) is 0 Å². The van der Waals surface area contributed by atoms with Gasteiger partial charge in [0.2, 0.25) is 0 Å². The summed E-state index contributed by atoms with van der Waals surface area (Å²) in [4.78, 5) is 29.5. The van der Waals surface area contributed by atoms with Crippen LogP contribution >= 0.6 is 0 Å². The lowest BCUT2D eigenvalue weighted by Gasteiger charge is -2.17. The van der Waals surface area contributed by atoms with Crippen molar-refractivity contribution in [2.45, 2.75) is 11.4 Å². The molecule has 1 aliphatic rings. The van der Waals surface area contributed by atoms with Crippen molar-refractivity contribution in [3.63, 3.8) is 0 Å². The van der Waals surface area contributed by atoms with E-state index >= 15 is 0 Å². The molecule has 1 amide bonds. The van der Waals surface area contributed by atoms with Gasteiger partial charge in [0, 0.05) is 19.2 Å². The fourth-order valence-electron chi connectivity index (χ4n) is 2.64. The van der Waals surface area contributed by atoms with Crippen molar-refractivity contribution < 1.29 is 22.7 Å². The molecule has 1 N–H and O–H groups in total. The Kier molecular flexibility index (Phi) is 5.74. The molecular formula is C19H19N3O5S. The van der Waals surface area contributed by atoms with Crippen LogP contribution in [0.25, 0.3) is 0 Å². The number of rotatable bonds is 6. The van der Waals surface area contributed by atoms with Gasteiger partial charge in [0.15, 0.2) is 6.61 Å². The highest BCUT2D eigenvalue weighted by atomic mass is 32.2. The number of hydrogen-bond donors (Lipinski definition) is 1. The predicted molar refractivity (Wildman–Crippen MR) is 102 cm³/mol. The molecule has 0 saturated carbocycles. The molecule has 9 heteroatoms. The molecule has 0 aliphatic carbocycles. The van der Waals surface area contributed by atoms with Crippen molar-refractivity contribution in [1.82, 2.24) is 9.62 Å². The van der Waals surface area contributed by atoms with Gasteiger partial charge in [-0.2, -0.15) is 0 Å². The average Bonchev–Trinajstić information content (AvgIpc) is 2.96. The van der Waals surface area contributed by atoms with Gasteiger partial charge in [0.05, 0.1) is 4.90 Å². The highest BCUT2D eigenvalue weighted by molar-refractivity contribution is 7.90. The summed E-state index contributed by atoms with van der Waals surface area (Å²) >= 11 is 0. The van der Waals surface area contributed by atoms with Crippen LogP contribution < -0.4 is 4.72 Å². The van der Waals surface area contributed by atoms with E-state index in [2.05, 4.69) is 9.71 Å². The Labute approximate surface area is 162 Å². The van der Waals surface area contributed by atoms with Gasteiger partial charge in [-0.1, -0.05) is 42.5 Å². The summed E-state index contributed by atoms with van der Waals surface area (Å²) in [6.45, 7) is -0.407. The van der Waals surface area contributed by atoms with Gasteiger partial charge >= 0.3 is 5.97 Å². The number of nitrogens with one attached hydrogen (secondary N) is 1. The molecule has 0 aromatic heterocycles. The molecule has 0 spiro atoms. The van der Waals surface area contributed by atoms with Gasteiger partial charge in [0.1, 0.15) is 12.4 Å². The minimum atomic E-state index is -3.66. The monoisotopic (exact) mass is 401 g/mol. The van der Waals surface area contributed by atoms with E-state index in [0.717, 1.165) is 5.56 Å². The highest BCUT2D eigenvalue weighted by Gasteiger charge is 2.30. The van der Waals surface area contributed by atoms with Gasteiger partial charge in [0.25, 0.3) is 15.9 Å². The molecule has 0 atom stereocenters. The van der Waals surface area contributed by atoms with Crippen molar-refractivity contribution in [1.29, 1.82) is 0 Å². The smallest absolute Gasteiger partial charge is 0.328 e. The van der Waals surface area contributed by atoms with Crippen molar-refractivity contribution in [2.75, 3.05) is 20.2 Å². The first kappa shape index (κ1) is 19.6. The van der Waals surface area contributed by atoms with Crippen molar-refractivity contribution in [3.8, 4) is 0 Å². The van der Waals surface area contributed by atoms with Gasteiger partial charge in [-0.25, -0.2) is 8.42 Å². The van der Waals surface area contributed by atoms with E-state index in [1.165, 1.54) is 11.0 Å². The Bertz CT molecular complexity index is 1020. The van der Waals surface area contributed by atoms with Crippen molar-refractivity contribution in [3.05, 3.63) is 65.7 Å². The number of sulfonamides is 1. The zero-order valence-electron chi connectivity index (χ0n) is 15.2. The fourth-order valence-corrected chi connectivity index (χ4v) is 3.89. The highest BCUT2D eigenvalue weighted by Crippen LogP contribution is 2.22. The zero-order valence-corrected chi connectivity index (χ0v) is 16.0. The quantitative estimate of drug-likeness (QED) is 0.725. The summed E-state index contributed by atoms with van der Waals surface area (Å²) in [5.41, 5.74) is 1.36. The Morgan fingerprint density at radius 3 is 2.50 bits per heavy atom. The number of aliphatic imine (C=N–C) groups is 1. The zero-order chi connectivity index (χ0) is 20.1. The molecule has 0 fully saturated rings. The number of likely N-dealkylation sites (N-methyl/N-ethyl adjacent to an activating group) is 1. The Morgan fingerprint density at radius 1 is 1.07 bits per heavy atom. The van der Waals surface area contributed by atoms with E-state index < -0.39 is 29.1 Å². The molecule has 1 heterocycles. The van der Waals surface area contributed by atoms with Crippen LogP contribution in [0, 0.1) is 0 Å². The molecule has 146 valence electrons. The SMILES string of the molecule is CN(Cc1ccccc1)C(=O)COC(=O)CN=C1NS(=O)(=O)c2ccccc21. The van der Waals surface area contributed by atoms with Gasteiger partial charge in [-0.3, -0.25) is 19.3 Å². The number of carbonyl (C=O) groups excluding carboxylic acids is 2. The summed E-state index contributed by atoms with van der Waals surface area (Å²) in [7, 11) is -2.04. The number of amidine groups is 1. The third kappa shape index (κ3) is 4.55. The number of ether oxygens (including phenoxy) is 1. The van der Waals surface area contributed by atoms with E-state index in [9.17, 15) is 18.0 Å². The maximum atomic E-state index is 12.1. The second-order valence-electron chi connectivity index (χ2n) is 6.16. The second kappa shape index (κ2) is 8.22. The third-order valence-corrected chi connectivity index (χ3v) is 5.47. The van der Waals surface area contributed by atoms with Crippen LogP contribution in [-0.4, -0.2) is 51.2 Å². The second-order valence-corrected chi connectivity index (χ2v) is 7.81. The van der Waals surface area contributed by atoms with Crippen LogP contribution in [0.3, 0.4) is 0 Å². The van der Waals surface area contributed by atoms with Gasteiger partial charge < -0.3 is 9.64 Å². The number of esters is 1. The lowest BCUT2D eigenvalue weighted by molar-refractivity contribution is -0.150. The summed E-state index contributed by atoms with van der Waals surface area (Å²) < 4.78 is 31.2. The molecule has 2 aromatic rings. The number of amides is 1. The molecular weight excluding hydrogens is 382 g/mol. The first-order chi connectivity index (χ1) is 13.4. The van der Waals surface area contributed by atoms with Crippen molar-refractivity contribution in [2.24, 2.45) is 4.99 Å². The fraction of sp³-hybridized carbons (Fsp3) is 0.211. The number of fused-ring (bicyclic) bond motifs is 1. The van der Waals surface area contributed by atoms with Crippen LogP contribution in [0.4, 0.5) is 0 Å². The number of nitrogens with zero attached hydrogens (tertiary/aromatic N) is 2. The Hall–Kier alpha value is -3.20. The first-order valence-corrected chi connectivity index (χ1v) is 9.95. The molecule has 0 radical (unpaired) electrons. The molecule has 0 unspecified atom stereocenters. The van der Waals surface area contributed by atoms with Crippen LogP contribution in [0.2, 0.25) is 0 Å². The third-order valence-electron chi connectivity index (χ3n) is 4.07. The molecule has 0 bridgehead atoms. The minimum Gasteiger partial charge on any atom is -0.454 e. The van der Waals surface area contributed by atoms with E-state index in [4.69, 9.17) is 4.74 Å². The summed E-state index contributed by atoms with van der Waals surface area (Å²) in [6.07, 6.45) is 0. The number of hydrogen-bond acceptors (Lipinski definition) is 6. The summed E-state index contributed by atoms with van der Waals surface area (Å²) in [5, 5.41) is 0. The molecule has 3 rings (SSSR count). The Balaban J connectivity index is 1.52. The molecule has 1 aliphatic heterocycles. The lowest BCUT2D eigenvalue weighted by atomic mass is 10.2. The first-order valence-electron chi connectivity index (χ1n) is 8.47.